The number of ether oxygens (including phenoxy) is 1. The predicted octanol–water partition coefficient (Wildman–Crippen LogP) is 4.35. The summed E-state index contributed by atoms with van der Waals surface area (Å²) in [6, 6.07) is 12.1. The second kappa shape index (κ2) is 7.84. The van der Waals surface area contributed by atoms with Gasteiger partial charge in [-0.05, 0) is 49.2 Å². The Bertz CT molecular complexity index is 1160. The second-order valence-electron chi connectivity index (χ2n) is 7.21. The van der Waals surface area contributed by atoms with Crippen LogP contribution in [0.1, 0.15) is 23.7 Å². The van der Waals surface area contributed by atoms with Crippen LogP contribution < -0.4 is 15.4 Å². The molecule has 2 aromatic carbocycles. The van der Waals surface area contributed by atoms with Crippen molar-refractivity contribution in [2.45, 2.75) is 26.3 Å². The smallest absolute Gasteiger partial charge is 0.251 e. The molecule has 2 amide bonds. The zero-order chi connectivity index (χ0) is 21.4. The summed E-state index contributed by atoms with van der Waals surface area (Å²) < 4.78 is 6.89. The van der Waals surface area contributed by atoms with Gasteiger partial charge in [-0.15, -0.1) is 0 Å². The zero-order valence-electron chi connectivity index (χ0n) is 16.8. The summed E-state index contributed by atoms with van der Waals surface area (Å²) in [5, 5.41) is 10.8. The number of hydrogen-bond acceptors (Lipinski definition) is 4. The first-order chi connectivity index (χ1) is 14.4. The predicted molar refractivity (Wildman–Crippen MR) is 116 cm³/mol. The molecule has 2 heterocycles. The molecule has 0 bridgehead atoms. The Labute approximate surface area is 179 Å². The standard InChI is InChI=1S/C22H21ClN4O3/c1-12-7-8-15(10-17(12)23)24-19(28)11-18-22(29)25-21-20(13(2)26-27(18)21)14-5-4-6-16(9-14)30-3/h4-10,18H,11H2,1-3H3,(H,24,28)(H,25,29). The molecule has 1 aliphatic rings. The molecule has 7 nitrogen and oxygen atoms in total. The minimum atomic E-state index is -0.723. The highest BCUT2D eigenvalue weighted by Gasteiger charge is 2.36. The number of aryl methyl sites for hydroxylation is 2. The minimum absolute atomic E-state index is 0.0387. The largest absolute Gasteiger partial charge is 0.497 e. The Morgan fingerprint density at radius 1 is 1.27 bits per heavy atom. The Morgan fingerprint density at radius 2 is 2.07 bits per heavy atom. The fraction of sp³-hybridized carbons (Fsp3) is 0.227. The van der Waals surface area contributed by atoms with Crippen molar-refractivity contribution in [3.63, 3.8) is 0 Å². The van der Waals surface area contributed by atoms with Gasteiger partial charge in [-0.3, -0.25) is 9.59 Å². The number of nitrogens with zero attached hydrogens (tertiary/aromatic N) is 2. The first-order valence-corrected chi connectivity index (χ1v) is 9.85. The van der Waals surface area contributed by atoms with E-state index in [0.29, 0.717) is 22.3 Å². The van der Waals surface area contributed by atoms with Crippen LogP contribution in [0.5, 0.6) is 5.75 Å². The van der Waals surface area contributed by atoms with E-state index in [4.69, 9.17) is 16.3 Å². The van der Waals surface area contributed by atoms with Crippen LogP contribution in [0.15, 0.2) is 42.5 Å². The molecule has 0 aliphatic carbocycles. The molecule has 154 valence electrons. The van der Waals surface area contributed by atoms with Gasteiger partial charge < -0.3 is 15.4 Å². The lowest BCUT2D eigenvalue weighted by Gasteiger charge is -2.10. The molecule has 0 spiro atoms. The lowest BCUT2D eigenvalue weighted by Crippen LogP contribution is -2.23. The quantitative estimate of drug-likeness (QED) is 0.637. The van der Waals surface area contributed by atoms with Crippen LogP contribution in [0, 0.1) is 13.8 Å². The molecule has 0 saturated heterocycles. The van der Waals surface area contributed by atoms with Crippen LogP contribution in [0.3, 0.4) is 0 Å². The highest BCUT2D eigenvalue weighted by Crippen LogP contribution is 2.39. The number of anilines is 2. The van der Waals surface area contributed by atoms with Crippen molar-refractivity contribution in [2.75, 3.05) is 17.7 Å². The maximum atomic E-state index is 12.6. The first-order valence-electron chi connectivity index (χ1n) is 9.47. The van der Waals surface area contributed by atoms with Crippen molar-refractivity contribution in [3.8, 4) is 16.9 Å². The lowest BCUT2D eigenvalue weighted by molar-refractivity contribution is -0.123. The van der Waals surface area contributed by atoms with Crippen molar-refractivity contribution in [3.05, 3.63) is 58.7 Å². The third-order valence-electron chi connectivity index (χ3n) is 5.12. The van der Waals surface area contributed by atoms with Gasteiger partial charge in [0.2, 0.25) is 5.91 Å². The number of carbonyl (C=O) groups is 2. The normalized spacial score (nSPS) is 14.9. The SMILES string of the molecule is COc1cccc(-c2c(C)nn3c2NC(=O)C3CC(=O)Nc2ccc(C)c(Cl)c2)c1. The Kier molecular flexibility index (Phi) is 5.22. The van der Waals surface area contributed by atoms with E-state index in [1.165, 1.54) is 0 Å². The number of amides is 2. The number of fused-ring (bicyclic) bond motifs is 1. The molecular formula is C22H21ClN4O3. The third-order valence-corrected chi connectivity index (χ3v) is 5.52. The maximum absolute atomic E-state index is 12.6. The van der Waals surface area contributed by atoms with E-state index in [9.17, 15) is 9.59 Å². The average Bonchev–Trinajstić information content (AvgIpc) is 3.18. The van der Waals surface area contributed by atoms with Crippen LogP contribution >= 0.6 is 11.6 Å². The van der Waals surface area contributed by atoms with Gasteiger partial charge in [0, 0.05) is 16.3 Å². The summed E-state index contributed by atoms with van der Waals surface area (Å²) in [6.45, 7) is 3.76. The van der Waals surface area contributed by atoms with Crippen molar-refractivity contribution in [1.29, 1.82) is 0 Å². The fourth-order valence-corrected chi connectivity index (χ4v) is 3.75. The van der Waals surface area contributed by atoms with E-state index in [-0.39, 0.29) is 18.2 Å². The van der Waals surface area contributed by atoms with Gasteiger partial charge in [-0.2, -0.15) is 5.10 Å². The van der Waals surface area contributed by atoms with Gasteiger partial charge in [-0.1, -0.05) is 29.8 Å². The Hall–Kier alpha value is -3.32. The zero-order valence-corrected chi connectivity index (χ0v) is 17.6. The molecular weight excluding hydrogens is 404 g/mol. The second-order valence-corrected chi connectivity index (χ2v) is 7.61. The number of rotatable bonds is 5. The molecule has 1 unspecified atom stereocenters. The number of nitrogens with one attached hydrogen (secondary N) is 2. The Balaban J connectivity index is 1.58. The molecule has 1 aliphatic heterocycles. The molecule has 0 saturated carbocycles. The summed E-state index contributed by atoms with van der Waals surface area (Å²) in [4.78, 5) is 25.2. The van der Waals surface area contributed by atoms with Gasteiger partial charge >= 0.3 is 0 Å². The molecule has 0 fully saturated rings. The maximum Gasteiger partial charge on any atom is 0.251 e. The van der Waals surface area contributed by atoms with Gasteiger partial charge in [0.1, 0.15) is 17.6 Å². The van der Waals surface area contributed by atoms with Crippen LogP contribution in [0.2, 0.25) is 5.02 Å². The molecule has 1 atom stereocenters. The lowest BCUT2D eigenvalue weighted by atomic mass is 10.1. The van der Waals surface area contributed by atoms with Crippen LogP contribution in [0.4, 0.5) is 11.5 Å². The van der Waals surface area contributed by atoms with Crippen molar-refractivity contribution < 1.29 is 14.3 Å². The summed E-state index contributed by atoms with van der Waals surface area (Å²) >= 11 is 6.12. The number of halogens is 1. The topological polar surface area (TPSA) is 85.2 Å². The highest BCUT2D eigenvalue weighted by atomic mass is 35.5. The van der Waals surface area contributed by atoms with Crippen LogP contribution in [-0.2, 0) is 9.59 Å². The highest BCUT2D eigenvalue weighted by molar-refractivity contribution is 6.31. The summed E-state index contributed by atoms with van der Waals surface area (Å²) in [5.41, 5.74) is 3.96. The van der Waals surface area contributed by atoms with Crippen LogP contribution in [0.25, 0.3) is 11.1 Å². The number of benzene rings is 2. The third kappa shape index (κ3) is 3.64. The van der Waals surface area contributed by atoms with E-state index in [0.717, 1.165) is 22.4 Å². The fourth-order valence-electron chi connectivity index (χ4n) is 3.57. The summed E-state index contributed by atoms with van der Waals surface area (Å²) in [5.74, 6) is 0.739. The van der Waals surface area contributed by atoms with E-state index in [1.807, 2.05) is 44.2 Å². The molecule has 0 radical (unpaired) electrons. The molecule has 4 rings (SSSR count). The van der Waals surface area contributed by atoms with Gasteiger partial charge in [0.15, 0.2) is 0 Å². The number of aromatic nitrogens is 2. The van der Waals surface area contributed by atoms with E-state index >= 15 is 0 Å². The summed E-state index contributed by atoms with van der Waals surface area (Å²) in [6.07, 6.45) is -0.0387. The molecule has 8 heteroatoms. The number of hydrogen-bond donors (Lipinski definition) is 2. The molecule has 3 aromatic rings. The number of methoxy groups -OCH3 is 1. The number of carbonyl (C=O) groups excluding carboxylic acids is 2. The monoisotopic (exact) mass is 424 g/mol. The van der Waals surface area contributed by atoms with Crippen LogP contribution in [-0.4, -0.2) is 28.7 Å². The van der Waals surface area contributed by atoms with Crippen molar-refractivity contribution >= 4 is 34.9 Å². The van der Waals surface area contributed by atoms with E-state index in [2.05, 4.69) is 15.7 Å². The van der Waals surface area contributed by atoms with Gasteiger partial charge in [0.25, 0.3) is 5.91 Å². The van der Waals surface area contributed by atoms with E-state index < -0.39 is 6.04 Å². The molecule has 1 aromatic heterocycles. The van der Waals surface area contributed by atoms with E-state index in [1.54, 1.807) is 23.9 Å². The van der Waals surface area contributed by atoms with Crippen molar-refractivity contribution in [2.24, 2.45) is 0 Å². The van der Waals surface area contributed by atoms with Gasteiger partial charge in [-0.25, -0.2) is 4.68 Å². The minimum Gasteiger partial charge on any atom is -0.497 e. The molecule has 2 N–H and O–H groups in total. The first kappa shape index (κ1) is 20.0. The summed E-state index contributed by atoms with van der Waals surface area (Å²) in [7, 11) is 1.60. The molecule has 30 heavy (non-hydrogen) atoms. The average molecular weight is 425 g/mol. The van der Waals surface area contributed by atoms with Gasteiger partial charge in [0.05, 0.1) is 19.2 Å². The Morgan fingerprint density at radius 3 is 2.80 bits per heavy atom. The van der Waals surface area contributed by atoms with Crippen molar-refractivity contribution in [1.82, 2.24) is 9.78 Å².